The fraction of sp³-hybridized carbons (Fsp3) is 0.136. The van der Waals surface area contributed by atoms with E-state index in [2.05, 4.69) is 16.8 Å². The van der Waals surface area contributed by atoms with Gasteiger partial charge in [-0.2, -0.15) is 0 Å². The number of rotatable bonds is 2. The van der Waals surface area contributed by atoms with Crippen molar-refractivity contribution in [3.63, 3.8) is 0 Å². The molecule has 2 aromatic carbocycles. The summed E-state index contributed by atoms with van der Waals surface area (Å²) < 4.78 is 7.04. The van der Waals surface area contributed by atoms with E-state index in [1.54, 1.807) is 23.4 Å². The van der Waals surface area contributed by atoms with E-state index in [4.69, 9.17) is 27.2 Å². The summed E-state index contributed by atoms with van der Waals surface area (Å²) in [6.07, 6.45) is 1.70. The Bertz CT molecular complexity index is 1160. The van der Waals surface area contributed by atoms with Crippen molar-refractivity contribution < 1.29 is 4.74 Å². The summed E-state index contributed by atoms with van der Waals surface area (Å²) in [4.78, 5) is 6.09. The molecule has 0 saturated carbocycles. The number of hydrogen-bond donors (Lipinski definition) is 2. The Hall–Kier alpha value is -3.40. The van der Waals surface area contributed by atoms with Crippen molar-refractivity contribution in [2.75, 3.05) is 13.7 Å². The molecule has 144 valence electrons. The van der Waals surface area contributed by atoms with Crippen LogP contribution in [0.5, 0.6) is 0 Å². The average molecular weight is 404 g/mol. The summed E-state index contributed by atoms with van der Waals surface area (Å²) in [5.74, 6) is 6.64. The van der Waals surface area contributed by atoms with Crippen LogP contribution in [0.2, 0.25) is 5.02 Å². The van der Waals surface area contributed by atoms with Crippen LogP contribution in [0.3, 0.4) is 0 Å². The third-order valence-corrected chi connectivity index (χ3v) is 4.86. The van der Waals surface area contributed by atoms with Crippen molar-refractivity contribution in [3.8, 4) is 17.5 Å². The molecule has 4 rings (SSSR count). The average Bonchev–Trinajstić information content (AvgIpc) is 3.08. The minimum Gasteiger partial charge on any atom is -0.377 e. The smallest absolute Gasteiger partial charge is 0.137 e. The highest BCUT2D eigenvalue weighted by Gasteiger charge is 2.28. The highest BCUT2D eigenvalue weighted by Crippen LogP contribution is 2.28. The number of aromatic nitrogens is 2. The Morgan fingerprint density at radius 2 is 2.00 bits per heavy atom. The molecule has 0 saturated heterocycles. The van der Waals surface area contributed by atoms with Crippen LogP contribution in [0.15, 0.2) is 54.9 Å². The van der Waals surface area contributed by atoms with Gasteiger partial charge in [0.05, 0.1) is 17.9 Å². The second-order valence-corrected chi connectivity index (χ2v) is 6.94. The molecule has 0 bridgehead atoms. The molecule has 0 spiro atoms. The molecule has 1 aliphatic rings. The SMILES string of the molecule is COCC(=N)N1Cc2c(C#Cc3ccccc3)ncn2-c2ccc(Cl)cc2C1=N. The largest absolute Gasteiger partial charge is 0.377 e. The van der Waals surface area contributed by atoms with Gasteiger partial charge in [0.25, 0.3) is 0 Å². The molecule has 2 N–H and O–H groups in total. The second kappa shape index (κ2) is 7.92. The van der Waals surface area contributed by atoms with Gasteiger partial charge in [-0.3, -0.25) is 15.4 Å². The van der Waals surface area contributed by atoms with Crippen molar-refractivity contribution in [1.82, 2.24) is 14.5 Å². The fourth-order valence-electron chi connectivity index (χ4n) is 3.22. The van der Waals surface area contributed by atoms with Crippen LogP contribution < -0.4 is 0 Å². The first kappa shape index (κ1) is 18.9. The molecule has 0 fully saturated rings. The van der Waals surface area contributed by atoms with Crippen molar-refractivity contribution in [1.29, 1.82) is 10.8 Å². The Labute approximate surface area is 173 Å². The first-order chi connectivity index (χ1) is 14.1. The molecule has 6 nitrogen and oxygen atoms in total. The zero-order valence-corrected chi connectivity index (χ0v) is 16.5. The Balaban J connectivity index is 1.85. The van der Waals surface area contributed by atoms with E-state index in [1.807, 2.05) is 41.0 Å². The first-order valence-corrected chi connectivity index (χ1v) is 9.32. The summed E-state index contributed by atoms with van der Waals surface area (Å²) >= 11 is 6.19. The van der Waals surface area contributed by atoms with Crippen molar-refractivity contribution >= 4 is 23.3 Å². The molecule has 0 radical (unpaired) electrons. The van der Waals surface area contributed by atoms with E-state index in [9.17, 15) is 0 Å². The molecular formula is C22H18ClN5O. The number of amidine groups is 2. The van der Waals surface area contributed by atoms with E-state index in [0.717, 1.165) is 16.9 Å². The van der Waals surface area contributed by atoms with Crippen LogP contribution in [-0.2, 0) is 11.3 Å². The number of hydrogen-bond acceptors (Lipinski definition) is 4. The number of halogens is 1. The number of methoxy groups -OCH3 is 1. The molecule has 29 heavy (non-hydrogen) atoms. The molecule has 1 aliphatic heterocycles. The van der Waals surface area contributed by atoms with Crippen molar-refractivity contribution in [2.24, 2.45) is 0 Å². The van der Waals surface area contributed by atoms with E-state index >= 15 is 0 Å². The second-order valence-electron chi connectivity index (χ2n) is 6.50. The Morgan fingerprint density at radius 3 is 2.76 bits per heavy atom. The predicted octanol–water partition coefficient (Wildman–Crippen LogP) is 3.69. The van der Waals surface area contributed by atoms with E-state index < -0.39 is 0 Å². The van der Waals surface area contributed by atoms with Crippen molar-refractivity contribution in [3.05, 3.63) is 82.4 Å². The first-order valence-electron chi connectivity index (χ1n) is 8.94. The molecule has 2 heterocycles. The van der Waals surface area contributed by atoms with Gasteiger partial charge >= 0.3 is 0 Å². The maximum atomic E-state index is 8.70. The van der Waals surface area contributed by atoms with Gasteiger partial charge in [0.1, 0.15) is 30.3 Å². The maximum absolute atomic E-state index is 8.70. The van der Waals surface area contributed by atoms with Crippen LogP contribution in [0.1, 0.15) is 22.5 Å². The number of nitrogens with zero attached hydrogens (tertiary/aromatic N) is 3. The molecule has 7 heteroatoms. The summed E-state index contributed by atoms with van der Waals surface area (Å²) in [5.41, 5.74) is 3.71. The Morgan fingerprint density at radius 1 is 1.21 bits per heavy atom. The van der Waals surface area contributed by atoms with E-state index in [0.29, 0.717) is 16.3 Å². The monoisotopic (exact) mass is 403 g/mol. The standard InChI is InChI=1S/C22H18ClN5O/c1-29-13-21(24)27-12-20-18(9-7-15-5-3-2-4-6-15)26-14-28(20)19-10-8-16(23)11-17(19)22(27)25/h2-6,8,10-11,14,24-25H,12-13H2,1H3. The Kier molecular flexibility index (Phi) is 5.17. The van der Waals surface area contributed by atoms with Gasteiger partial charge < -0.3 is 9.64 Å². The maximum Gasteiger partial charge on any atom is 0.137 e. The summed E-state index contributed by atoms with van der Waals surface area (Å²) in [5, 5.41) is 17.6. The lowest BCUT2D eigenvalue weighted by atomic mass is 10.1. The topological polar surface area (TPSA) is 78.0 Å². The fourth-order valence-corrected chi connectivity index (χ4v) is 3.39. The number of nitrogens with one attached hydrogen (secondary N) is 2. The molecular weight excluding hydrogens is 386 g/mol. The number of benzene rings is 2. The molecule has 0 amide bonds. The quantitative estimate of drug-likeness (QED) is 0.389. The van der Waals surface area contributed by atoms with Crippen LogP contribution in [0.25, 0.3) is 5.69 Å². The summed E-state index contributed by atoms with van der Waals surface area (Å²) in [6, 6.07) is 15.1. The highest BCUT2D eigenvalue weighted by molar-refractivity contribution is 6.31. The molecule has 1 aromatic heterocycles. The lowest BCUT2D eigenvalue weighted by Gasteiger charge is -2.23. The van der Waals surface area contributed by atoms with E-state index in [1.165, 1.54) is 7.11 Å². The zero-order valence-electron chi connectivity index (χ0n) is 15.7. The molecule has 0 atom stereocenters. The van der Waals surface area contributed by atoms with Gasteiger partial charge in [0.2, 0.25) is 0 Å². The third kappa shape index (κ3) is 3.66. The predicted molar refractivity (Wildman–Crippen MR) is 113 cm³/mol. The van der Waals surface area contributed by atoms with Gasteiger partial charge in [-0.15, -0.1) is 0 Å². The minimum atomic E-state index is 0.0947. The van der Waals surface area contributed by atoms with Crippen LogP contribution >= 0.6 is 11.6 Å². The number of imidazole rings is 1. The lowest BCUT2D eigenvalue weighted by molar-refractivity contribution is 0.235. The normalized spacial score (nSPS) is 12.5. The van der Waals surface area contributed by atoms with Gasteiger partial charge in [-0.05, 0) is 36.3 Å². The van der Waals surface area contributed by atoms with Crippen LogP contribution in [0.4, 0.5) is 0 Å². The highest BCUT2D eigenvalue weighted by atomic mass is 35.5. The molecule has 0 unspecified atom stereocenters. The molecule has 3 aromatic rings. The van der Waals surface area contributed by atoms with Gasteiger partial charge in [-0.1, -0.05) is 35.7 Å². The summed E-state index contributed by atoms with van der Waals surface area (Å²) in [6.45, 7) is 0.379. The van der Waals surface area contributed by atoms with Gasteiger partial charge in [0, 0.05) is 23.3 Å². The van der Waals surface area contributed by atoms with Crippen molar-refractivity contribution in [2.45, 2.75) is 6.54 Å². The summed E-state index contributed by atoms with van der Waals surface area (Å²) in [7, 11) is 1.53. The van der Waals surface area contributed by atoms with Crippen LogP contribution in [-0.4, -0.2) is 39.8 Å². The zero-order chi connectivity index (χ0) is 20.4. The van der Waals surface area contributed by atoms with Gasteiger partial charge in [0.15, 0.2) is 0 Å². The third-order valence-electron chi connectivity index (χ3n) is 4.62. The van der Waals surface area contributed by atoms with Crippen LogP contribution in [0, 0.1) is 22.7 Å². The molecule has 0 aliphatic carbocycles. The number of fused-ring (bicyclic) bond motifs is 3. The number of ether oxygens (including phenoxy) is 1. The van der Waals surface area contributed by atoms with Gasteiger partial charge in [-0.25, -0.2) is 4.98 Å². The lowest BCUT2D eigenvalue weighted by Crippen LogP contribution is -2.37. The van der Waals surface area contributed by atoms with E-state index in [-0.39, 0.29) is 24.8 Å². The minimum absolute atomic E-state index is 0.0947.